The first-order valence-electron chi connectivity index (χ1n) is 13.2. The number of carbonyl (C=O) groups excluding carboxylic acids is 1. The maximum absolute atomic E-state index is 13.9. The number of unbranched alkanes of at least 4 members (excludes halogenated alkanes) is 1. The van der Waals surface area contributed by atoms with Gasteiger partial charge in [-0.25, -0.2) is 8.42 Å². The number of benzene rings is 2. The molecule has 1 amide bonds. The van der Waals surface area contributed by atoms with E-state index in [2.05, 4.69) is 32.2 Å². The van der Waals surface area contributed by atoms with Gasteiger partial charge < -0.3 is 9.64 Å². The lowest BCUT2D eigenvalue weighted by Gasteiger charge is -2.37. The highest BCUT2D eigenvalue weighted by Gasteiger charge is 2.35. The number of carbonyl (C=O) groups is 1. The number of hydrogen-bond donors (Lipinski definition) is 0. The number of thiophene rings is 1. The maximum atomic E-state index is 13.9. The summed E-state index contributed by atoms with van der Waals surface area (Å²) in [6, 6.07) is 16.7. The molecular formula is C30H38N2O4S2. The molecule has 38 heavy (non-hydrogen) atoms. The Bertz CT molecular complexity index is 1340. The third kappa shape index (κ3) is 5.98. The molecule has 0 fully saturated rings. The quantitative estimate of drug-likeness (QED) is 0.324. The van der Waals surface area contributed by atoms with E-state index >= 15 is 0 Å². The Kier molecular flexibility index (Phi) is 8.65. The van der Waals surface area contributed by atoms with Crippen molar-refractivity contribution in [2.75, 3.05) is 26.7 Å². The number of fused-ring (bicyclic) bond motifs is 1. The Hall–Kier alpha value is -2.68. The fourth-order valence-corrected chi connectivity index (χ4v) is 7.20. The molecule has 2 heterocycles. The molecule has 1 atom stereocenters. The first-order valence-corrected chi connectivity index (χ1v) is 15.5. The summed E-state index contributed by atoms with van der Waals surface area (Å²) in [5, 5.41) is 2.06. The number of hydrogen-bond acceptors (Lipinski definition) is 5. The molecular weight excluding hydrogens is 516 g/mol. The third-order valence-corrected chi connectivity index (χ3v) is 10.0. The molecule has 1 aliphatic rings. The highest BCUT2D eigenvalue weighted by molar-refractivity contribution is 7.89. The van der Waals surface area contributed by atoms with E-state index in [9.17, 15) is 13.2 Å². The van der Waals surface area contributed by atoms with Crippen LogP contribution in [-0.2, 0) is 26.7 Å². The first-order chi connectivity index (χ1) is 18.1. The monoisotopic (exact) mass is 554 g/mol. The standard InChI is InChI=1S/C30H38N2O4S2/c1-6-7-18-31(38(34,35)25-14-10-23(11-15-25)30(2,3)4)21-28(33)32-19-16-27-26(17-20-37-27)29(32)22-8-12-24(36-5)13-9-22/h8-15,17,20,29H,6-7,16,18-19,21H2,1-5H3. The van der Waals surface area contributed by atoms with Gasteiger partial charge in [-0.2, -0.15) is 4.31 Å². The second kappa shape index (κ2) is 11.6. The van der Waals surface area contributed by atoms with Crippen LogP contribution in [0.1, 0.15) is 68.1 Å². The Balaban J connectivity index is 1.63. The number of nitrogens with zero attached hydrogens (tertiary/aromatic N) is 2. The molecule has 8 heteroatoms. The van der Waals surface area contributed by atoms with Crippen LogP contribution in [0.5, 0.6) is 5.75 Å². The minimum atomic E-state index is -3.84. The number of methoxy groups -OCH3 is 1. The van der Waals surface area contributed by atoms with Crippen LogP contribution in [0, 0.1) is 0 Å². The van der Waals surface area contributed by atoms with Crippen LogP contribution >= 0.6 is 11.3 Å². The predicted molar refractivity (Wildman–Crippen MR) is 153 cm³/mol. The van der Waals surface area contributed by atoms with Gasteiger partial charge in [0.1, 0.15) is 5.75 Å². The number of rotatable bonds is 9. The van der Waals surface area contributed by atoms with Gasteiger partial charge in [0.25, 0.3) is 0 Å². The minimum absolute atomic E-state index is 0.0780. The van der Waals surface area contributed by atoms with Crippen molar-refractivity contribution in [3.05, 3.63) is 81.5 Å². The van der Waals surface area contributed by atoms with E-state index in [-0.39, 0.29) is 28.8 Å². The van der Waals surface area contributed by atoms with E-state index < -0.39 is 10.0 Å². The summed E-state index contributed by atoms with van der Waals surface area (Å²) in [7, 11) is -2.21. The van der Waals surface area contributed by atoms with E-state index in [1.807, 2.05) is 48.2 Å². The largest absolute Gasteiger partial charge is 0.497 e. The second-order valence-electron chi connectivity index (χ2n) is 10.8. The van der Waals surface area contributed by atoms with Crippen molar-refractivity contribution in [1.29, 1.82) is 0 Å². The number of sulfonamides is 1. The fraction of sp³-hybridized carbons (Fsp3) is 0.433. The molecule has 0 saturated carbocycles. The molecule has 4 rings (SSSR count). The van der Waals surface area contributed by atoms with Crippen LogP contribution in [0.2, 0.25) is 0 Å². The van der Waals surface area contributed by atoms with Gasteiger partial charge in [0.05, 0.1) is 24.6 Å². The van der Waals surface area contributed by atoms with Crippen LogP contribution in [0.3, 0.4) is 0 Å². The van der Waals surface area contributed by atoms with Crippen LogP contribution in [0.25, 0.3) is 0 Å². The molecule has 0 bridgehead atoms. The lowest BCUT2D eigenvalue weighted by atomic mass is 9.87. The molecule has 3 aromatic rings. The van der Waals surface area contributed by atoms with Gasteiger partial charge in [0.2, 0.25) is 15.9 Å². The molecule has 6 nitrogen and oxygen atoms in total. The van der Waals surface area contributed by atoms with E-state index in [1.54, 1.807) is 30.6 Å². The SMILES string of the molecule is CCCCN(CC(=O)N1CCc2sccc2C1c1ccc(OC)cc1)S(=O)(=O)c1ccc(C(C)(C)C)cc1. The Morgan fingerprint density at radius 1 is 1.08 bits per heavy atom. The van der Waals surface area contributed by atoms with Crippen LogP contribution < -0.4 is 4.74 Å². The van der Waals surface area contributed by atoms with Crippen LogP contribution in [0.4, 0.5) is 0 Å². The zero-order chi connectivity index (χ0) is 27.5. The normalized spacial score (nSPS) is 15.9. The topological polar surface area (TPSA) is 66.9 Å². The van der Waals surface area contributed by atoms with Crippen molar-refractivity contribution in [3.63, 3.8) is 0 Å². The van der Waals surface area contributed by atoms with E-state index in [0.717, 1.165) is 35.3 Å². The molecule has 2 aromatic carbocycles. The molecule has 0 radical (unpaired) electrons. The lowest BCUT2D eigenvalue weighted by Crippen LogP contribution is -2.47. The average molecular weight is 555 g/mol. The Morgan fingerprint density at radius 2 is 1.76 bits per heavy atom. The Labute approximate surface area is 231 Å². The minimum Gasteiger partial charge on any atom is -0.497 e. The van der Waals surface area contributed by atoms with Crippen molar-refractivity contribution in [2.24, 2.45) is 0 Å². The van der Waals surface area contributed by atoms with Gasteiger partial charge >= 0.3 is 0 Å². The van der Waals surface area contributed by atoms with Crippen LogP contribution in [0.15, 0.2) is 64.9 Å². The lowest BCUT2D eigenvalue weighted by molar-refractivity contribution is -0.133. The third-order valence-electron chi connectivity index (χ3n) is 7.15. The number of amides is 1. The summed E-state index contributed by atoms with van der Waals surface area (Å²) in [6.07, 6.45) is 2.28. The summed E-state index contributed by atoms with van der Waals surface area (Å²) in [6.45, 7) is 8.97. The first kappa shape index (κ1) is 28.3. The molecule has 0 aliphatic carbocycles. The van der Waals surface area contributed by atoms with Gasteiger partial charge in [-0.1, -0.05) is 58.4 Å². The van der Waals surface area contributed by atoms with Gasteiger partial charge in [-0.3, -0.25) is 4.79 Å². The van der Waals surface area contributed by atoms with E-state index in [4.69, 9.17) is 4.74 Å². The summed E-state index contributed by atoms with van der Waals surface area (Å²) >= 11 is 1.71. The molecule has 1 aliphatic heterocycles. The highest BCUT2D eigenvalue weighted by Crippen LogP contribution is 2.38. The van der Waals surface area contributed by atoms with Crippen molar-refractivity contribution >= 4 is 27.3 Å². The molecule has 204 valence electrons. The average Bonchev–Trinajstić information content (AvgIpc) is 3.39. The maximum Gasteiger partial charge on any atom is 0.243 e. The van der Waals surface area contributed by atoms with Gasteiger partial charge in [-0.15, -0.1) is 11.3 Å². The molecule has 1 unspecified atom stereocenters. The smallest absolute Gasteiger partial charge is 0.243 e. The van der Waals surface area contributed by atoms with Gasteiger partial charge in [0, 0.05) is 18.0 Å². The van der Waals surface area contributed by atoms with Crippen molar-refractivity contribution < 1.29 is 17.9 Å². The number of ether oxygens (including phenoxy) is 1. The van der Waals surface area contributed by atoms with Gasteiger partial charge in [0.15, 0.2) is 0 Å². The highest BCUT2D eigenvalue weighted by atomic mass is 32.2. The summed E-state index contributed by atoms with van der Waals surface area (Å²) in [4.78, 5) is 17.2. The van der Waals surface area contributed by atoms with Crippen molar-refractivity contribution in [1.82, 2.24) is 9.21 Å². The van der Waals surface area contributed by atoms with Crippen LogP contribution in [-0.4, -0.2) is 50.3 Å². The second-order valence-corrected chi connectivity index (χ2v) is 13.7. The van der Waals surface area contributed by atoms with E-state index in [1.165, 1.54) is 9.18 Å². The fourth-order valence-electron chi connectivity index (χ4n) is 4.87. The summed E-state index contributed by atoms with van der Waals surface area (Å²) < 4.78 is 34.2. The summed E-state index contributed by atoms with van der Waals surface area (Å²) in [5.74, 6) is 0.566. The molecule has 0 spiro atoms. The van der Waals surface area contributed by atoms with Crippen molar-refractivity contribution in [3.8, 4) is 5.75 Å². The zero-order valence-electron chi connectivity index (χ0n) is 22.9. The van der Waals surface area contributed by atoms with Crippen molar-refractivity contribution in [2.45, 2.75) is 63.3 Å². The molecule has 1 aromatic heterocycles. The predicted octanol–water partition coefficient (Wildman–Crippen LogP) is 6.02. The Morgan fingerprint density at radius 3 is 2.37 bits per heavy atom. The van der Waals surface area contributed by atoms with Gasteiger partial charge in [-0.05, 0) is 70.7 Å². The molecule has 0 N–H and O–H groups in total. The van der Waals surface area contributed by atoms with E-state index in [0.29, 0.717) is 19.5 Å². The molecule has 0 saturated heterocycles. The summed E-state index contributed by atoms with van der Waals surface area (Å²) in [5.41, 5.74) is 3.08. The zero-order valence-corrected chi connectivity index (χ0v) is 24.6.